The Bertz CT molecular complexity index is 985. The maximum atomic E-state index is 12.9. The number of pyridine rings is 1. The molecule has 1 fully saturated rings. The maximum absolute atomic E-state index is 12.9. The van der Waals surface area contributed by atoms with Crippen molar-refractivity contribution in [3.05, 3.63) is 82.0 Å². The van der Waals surface area contributed by atoms with E-state index in [1.54, 1.807) is 24.5 Å². The third-order valence-electron chi connectivity index (χ3n) is 4.80. The molecular formula is C21H20F2N4O. The molecule has 0 radical (unpaired) electrons. The minimum atomic E-state index is -2.78. The Morgan fingerprint density at radius 1 is 1.04 bits per heavy atom. The Balaban J connectivity index is 1.50. The van der Waals surface area contributed by atoms with E-state index in [0.717, 1.165) is 24.7 Å². The summed E-state index contributed by atoms with van der Waals surface area (Å²) in [5.74, 6) is 0.158. The summed E-state index contributed by atoms with van der Waals surface area (Å²) in [4.78, 5) is 24.5. The first-order valence-corrected chi connectivity index (χ1v) is 9.20. The number of nitrogens with one attached hydrogen (secondary N) is 1. The van der Waals surface area contributed by atoms with Crippen LogP contribution in [0.25, 0.3) is 11.4 Å². The lowest BCUT2D eigenvalue weighted by Crippen LogP contribution is -2.25. The van der Waals surface area contributed by atoms with Gasteiger partial charge in [-0.05, 0) is 36.1 Å². The summed E-state index contributed by atoms with van der Waals surface area (Å²) in [6.07, 6.45) is 3.23. The van der Waals surface area contributed by atoms with Crippen LogP contribution in [0.2, 0.25) is 0 Å². The molecule has 144 valence electrons. The van der Waals surface area contributed by atoms with E-state index in [9.17, 15) is 13.6 Å². The molecule has 1 saturated carbocycles. The van der Waals surface area contributed by atoms with Crippen molar-refractivity contribution in [1.29, 1.82) is 0 Å². The second kappa shape index (κ2) is 7.98. The lowest BCUT2D eigenvalue weighted by molar-refractivity contribution is 0.146. The molecule has 3 aromatic rings. The molecule has 0 amide bonds. The number of H-pyrrole nitrogens is 1. The van der Waals surface area contributed by atoms with Crippen LogP contribution in [-0.4, -0.2) is 25.9 Å². The van der Waals surface area contributed by atoms with E-state index in [2.05, 4.69) is 19.9 Å². The van der Waals surface area contributed by atoms with Gasteiger partial charge in [-0.3, -0.25) is 14.7 Å². The number of alkyl halides is 2. The average molecular weight is 382 g/mol. The molecule has 0 bridgehead atoms. The van der Waals surface area contributed by atoms with E-state index in [4.69, 9.17) is 0 Å². The van der Waals surface area contributed by atoms with Crippen LogP contribution in [0.15, 0.2) is 59.7 Å². The summed E-state index contributed by atoms with van der Waals surface area (Å²) in [5, 5.41) is 0. The molecule has 0 unspecified atom stereocenters. The molecular weight excluding hydrogens is 362 g/mol. The number of halogens is 2. The number of hydrogen-bond donors (Lipinski definition) is 1. The maximum Gasteiger partial charge on any atom is 0.280 e. The predicted molar refractivity (Wildman–Crippen MR) is 102 cm³/mol. The van der Waals surface area contributed by atoms with Crippen LogP contribution in [-0.2, 0) is 13.1 Å². The zero-order chi connectivity index (χ0) is 19.5. The summed E-state index contributed by atoms with van der Waals surface area (Å²) >= 11 is 0. The topological polar surface area (TPSA) is 61.9 Å². The summed E-state index contributed by atoms with van der Waals surface area (Å²) in [5.41, 5.74) is 1.86. The summed E-state index contributed by atoms with van der Waals surface area (Å²) in [6.45, 7) is 1.66. The fourth-order valence-corrected chi connectivity index (χ4v) is 3.20. The first-order valence-electron chi connectivity index (χ1n) is 9.20. The van der Waals surface area contributed by atoms with E-state index >= 15 is 0 Å². The number of hydrogen-bond acceptors (Lipinski definition) is 4. The van der Waals surface area contributed by atoms with Gasteiger partial charge in [0.25, 0.3) is 12.0 Å². The highest BCUT2D eigenvalue weighted by atomic mass is 19.3. The largest absolute Gasteiger partial charge is 0.307 e. The first-order chi connectivity index (χ1) is 13.6. The lowest BCUT2D eigenvalue weighted by Gasteiger charge is -2.22. The van der Waals surface area contributed by atoms with Crippen LogP contribution < -0.4 is 5.56 Å². The van der Waals surface area contributed by atoms with Crippen LogP contribution in [0.5, 0.6) is 0 Å². The van der Waals surface area contributed by atoms with Gasteiger partial charge in [0.1, 0.15) is 11.5 Å². The Hall–Kier alpha value is -2.93. The number of aromatic amines is 1. The molecule has 4 rings (SSSR count). The van der Waals surface area contributed by atoms with E-state index < -0.39 is 17.7 Å². The monoisotopic (exact) mass is 382 g/mol. The Labute approximate surface area is 161 Å². The fraction of sp³-hybridized carbons (Fsp3) is 0.286. The van der Waals surface area contributed by atoms with Crippen molar-refractivity contribution in [3.8, 4) is 11.4 Å². The average Bonchev–Trinajstić information content (AvgIpc) is 3.54. The van der Waals surface area contributed by atoms with Gasteiger partial charge >= 0.3 is 0 Å². The summed E-state index contributed by atoms with van der Waals surface area (Å²) in [6, 6.07) is 13.0. The van der Waals surface area contributed by atoms with E-state index in [1.807, 2.05) is 24.3 Å². The quantitative estimate of drug-likeness (QED) is 0.673. The highest BCUT2D eigenvalue weighted by Gasteiger charge is 2.28. The molecule has 2 aromatic heterocycles. The molecule has 0 atom stereocenters. The minimum Gasteiger partial charge on any atom is -0.307 e. The smallest absolute Gasteiger partial charge is 0.280 e. The number of nitrogens with zero attached hydrogens (tertiary/aromatic N) is 3. The third-order valence-corrected chi connectivity index (χ3v) is 4.80. The predicted octanol–water partition coefficient (Wildman–Crippen LogP) is 3.93. The molecule has 0 aliphatic heterocycles. The van der Waals surface area contributed by atoms with E-state index in [0.29, 0.717) is 11.6 Å². The highest BCUT2D eigenvalue weighted by Crippen LogP contribution is 2.30. The normalized spacial score (nSPS) is 14.0. The fourth-order valence-electron chi connectivity index (χ4n) is 3.20. The van der Waals surface area contributed by atoms with Gasteiger partial charge in [-0.2, -0.15) is 0 Å². The van der Waals surface area contributed by atoms with Gasteiger partial charge in [0.2, 0.25) is 0 Å². The molecule has 2 heterocycles. The van der Waals surface area contributed by atoms with Gasteiger partial charge in [0.05, 0.1) is 0 Å². The van der Waals surface area contributed by atoms with Crippen molar-refractivity contribution in [2.75, 3.05) is 0 Å². The standard InChI is InChI=1S/C21H20F2N4O/c22-20(23)18-11-19(28)26-21(25-18)16-3-1-14(2-4-16)12-27(17-5-6-17)13-15-7-9-24-10-8-15/h1-4,7-11,17,20H,5-6,12-13H2,(H,25,26,28). The van der Waals surface area contributed by atoms with E-state index in [-0.39, 0.29) is 5.82 Å². The number of rotatable bonds is 7. The van der Waals surface area contributed by atoms with Crippen molar-refractivity contribution in [2.45, 2.75) is 38.4 Å². The van der Waals surface area contributed by atoms with Crippen LogP contribution in [0.4, 0.5) is 8.78 Å². The minimum absolute atomic E-state index is 0.158. The third kappa shape index (κ3) is 4.48. The molecule has 1 aromatic carbocycles. The summed E-state index contributed by atoms with van der Waals surface area (Å²) < 4.78 is 25.8. The van der Waals surface area contributed by atoms with Gasteiger partial charge in [0.15, 0.2) is 0 Å². The second-order valence-corrected chi connectivity index (χ2v) is 7.01. The lowest BCUT2D eigenvalue weighted by atomic mass is 10.1. The molecule has 7 heteroatoms. The number of benzene rings is 1. The molecule has 28 heavy (non-hydrogen) atoms. The van der Waals surface area contributed by atoms with Gasteiger partial charge in [0, 0.05) is 43.2 Å². The van der Waals surface area contributed by atoms with Crippen molar-refractivity contribution in [1.82, 2.24) is 19.9 Å². The van der Waals surface area contributed by atoms with Crippen LogP contribution >= 0.6 is 0 Å². The number of aromatic nitrogens is 3. The molecule has 5 nitrogen and oxygen atoms in total. The zero-order valence-corrected chi connectivity index (χ0v) is 15.2. The van der Waals surface area contributed by atoms with Gasteiger partial charge in [-0.25, -0.2) is 13.8 Å². The first kappa shape index (κ1) is 18.4. The van der Waals surface area contributed by atoms with Gasteiger partial charge in [-0.15, -0.1) is 0 Å². The van der Waals surface area contributed by atoms with Crippen LogP contribution in [0.3, 0.4) is 0 Å². The molecule has 1 aliphatic carbocycles. The van der Waals surface area contributed by atoms with Crippen LogP contribution in [0, 0.1) is 0 Å². The Morgan fingerprint density at radius 3 is 2.29 bits per heavy atom. The van der Waals surface area contributed by atoms with Crippen LogP contribution in [0.1, 0.15) is 36.1 Å². The van der Waals surface area contributed by atoms with E-state index in [1.165, 1.54) is 18.4 Å². The van der Waals surface area contributed by atoms with Gasteiger partial charge < -0.3 is 4.98 Å². The van der Waals surface area contributed by atoms with Crippen molar-refractivity contribution < 1.29 is 8.78 Å². The Morgan fingerprint density at radius 2 is 1.68 bits per heavy atom. The second-order valence-electron chi connectivity index (χ2n) is 7.01. The molecule has 0 saturated heterocycles. The van der Waals surface area contributed by atoms with Crippen molar-refractivity contribution in [3.63, 3.8) is 0 Å². The van der Waals surface area contributed by atoms with Gasteiger partial charge in [-0.1, -0.05) is 24.3 Å². The van der Waals surface area contributed by atoms with Crippen molar-refractivity contribution >= 4 is 0 Å². The molecule has 1 N–H and O–H groups in total. The molecule has 1 aliphatic rings. The SMILES string of the molecule is O=c1cc(C(F)F)nc(-c2ccc(CN(Cc3ccncc3)C3CC3)cc2)[nH]1. The molecule has 0 spiro atoms. The zero-order valence-electron chi connectivity index (χ0n) is 15.2. The summed E-state index contributed by atoms with van der Waals surface area (Å²) in [7, 11) is 0. The highest BCUT2D eigenvalue weighted by molar-refractivity contribution is 5.55. The van der Waals surface area contributed by atoms with Crippen molar-refractivity contribution in [2.24, 2.45) is 0 Å². The Kier molecular flexibility index (Phi) is 5.25.